The number of hydrogen-bond acceptors (Lipinski definition) is 4. The van der Waals surface area contributed by atoms with E-state index in [0.29, 0.717) is 5.56 Å². The maximum Gasteiger partial charge on any atom is 0.307 e. The fourth-order valence-corrected chi connectivity index (χ4v) is 2.71. The van der Waals surface area contributed by atoms with Crippen LogP contribution in [0, 0.1) is 11.3 Å². The van der Waals surface area contributed by atoms with Crippen LogP contribution in [0.1, 0.15) is 18.9 Å². The highest BCUT2D eigenvalue weighted by Crippen LogP contribution is 2.15. The SMILES string of the molecule is CCC(C#N)S(=O)(=O)Nc1cccc(CC(=O)O)c1. The van der Waals surface area contributed by atoms with E-state index in [2.05, 4.69) is 4.72 Å². The molecule has 0 saturated carbocycles. The average molecular weight is 282 g/mol. The second-order valence-corrected chi connectivity index (χ2v) is 5.81. The predicted octanol–water partition coefficient (Wildman–Crippen LogP) is 1.36. The molecule has 0 spiro atoms. The van der Waals surface area contributed by atoms with Crippen LogP contribution in [0.4, 0.5) is 5.69 Å². The van der Waals surface area contributed by atoms with E-state index in [1.807, 2.05) is 0 Å². The Kier molecular flexibility index (Phi) is 4.89. The number of nitriles is 1. The average Bonchev–Trinajstić information content (AvgIpc) is 2.28. The Morgan fingerprint density at radius 1 is 1.53 bits per heavy atom. The molecule has 6 nitrogen and oxygen atoms in total. The van der Waals surface area contributed by atoms with E-state index in [1.54, 1.807) is 25.1 Å². The minimum Gasteiger partial charge on any atom is -0.481 e. The number of carboxylic acid groups (broad SMARTS) is 1. The van der Waals surface area contributed by atoms with Crippen LogP contribution in [0.25, 0.3) is 0 Å². The Hall–Kier alpha value is -2.07. The molecule has 1 unspecified atom stereocenters. The first-order chi connectivity index (χ1) is 8.89. The predicted molar refractivity (Wildman–Crippen MR) is 70.0 cm³/mol. The lowest BCUT2D eigenvalue weighted by molar-refractivity contribution is -0.136. The van der Waals surface area contributed by atoms with Gasteiger partial charge in [-0.2, -0.15) is 5.26 Å². The van der Waals surface area contributed by atoms with Gasteiger partial charge in [-0.3, -0.25) is 9.52 Å². The molecule has 0 aliphatic rings. The fourth-order valence-electron chi connectivity index (χ4n) is 1.53. The molecule has 0 saturated heterocycles. The normalized spacial score (nSPS) is 12.4. The van der Waals surface area contributed by atoms with Gasteiger partial charge in [0.2, 0.25) is 10.0 Å². The summed E-state index contributed by atoms with van der Waals surface area (Å²) in [4.78, 5) is 10.6. The number of anilines is 1. The van der Waals surface area contributed by atoms with Crippen LogP contribution in [-0.4, -0.2) is 24.7 Å². The van der Waals surface area contributed by atoms with Crippen molar-refractivity contribution in [3.63, 3.8) is 0 Å². The Morgan fingerprint density at radius 2 is 2.21 bits per heavy atom. The summed E-state index contributed by atoms with van der Waals surface area (Å²) in [6.45, 7) is 1.61. The van der Waals surface area contributed by atoms with E-state index in [-0.39, 0.29) is 18.5 Å². The zero-order valence-corrected chi connectivity index (χ0v) is 11.1. The lowest BCUT2D eigenvalue weighted by atomic mass is 10.1. The summed E-state index contributed by atoms with van der Waals surface area (Å²) in [6.07, 6.45) is -0.00826. The summed E-state index contributed by atoms with van der Waals surface area (Å²) >= 11 is 0. The van der Waals surface area contributed by atoms with Crippen molar-refractivity contribution in [1.29, 1.82) is 5.26 Å². The maximum absolute atomic E-state index is 11.8. The van der Waals surface area contributed by atoms with Gasteiger partial charge >= 0.3 is 5.97 Å². The molecule has 0 aliphatic heterocycles. The van der Waals surface area contributed by atoms with Gasteiger partial charge in [-0.25, -0.2) is 8.42 Å². The number of nitrogens with one attached hydrogen (secondary N) is 1. The molecule has 1 atom stereocenters. The summed E-state index contributed by atoms with van der Waals surface area (Å²) in [5.41, 5.74) is 0.741. The summed E-state index contributed by atoms with van der Waals surface area (Å²) in [6, 6.07) is 7.81. The van der Waals surface area contributed by atoms with Crippen molar-refractivity contribution in [2.45, 2.75) is 25.0 Å². The van der Waals surface area contributed by atoms with E-state index in [4.69, 9.17) is 10.4 Å². The molecule has 102 valence electrons. The first-order valence-corrected chi connectivity index (χ1v) is 7.15. The quantitative estimate of drug-likeness (QED) is 0.819. The number of sulfonamides is 1. The Morgan fingerprint density at radius 3 is 2.74 bits per heavy atom. The number of carbonyl (C=O) groups is 1. The van der Waals surface area contributed by atoms with Crippen LogP contribution in [0.3, 0.4) is 0 Å². The molecule has 0 heterocycles. The molecule has 0 bridgehead atoms. The summed E-state index contributed by atoms with van der Waals surface area (Å²) < 4.78 is 26.0. The molecule has 2 N–H and O–H groups in total. The third-order valence-corrected chi connectivity index (χ3v) is 4.14. The number of nitrogens with zero attached hydrogens (tertiary/aromatic N) is 1. The highest BCUT2D eigenvalue weighted by Gasteiger charge is 2.23. The molecular formula is C12H14N2O4S. The maximum atomic E-state index is 11.8. The van der Waals surface area contributed by atoms with Crippen LogP contribution < -0.4 is 4.72 Å². The molecule has 0 radical (unpaired) electrons. The Balaban J connectivity index is 2.94. The molecular weight excluding hydrogens is 268 g/mol. The van der Waals surface area contributed by atoms with Crippen LogP contribution in [0.2, 0.25) is 0 Å². The van der Waals surface area contributed by atoms with Crippen molar-refractivity contribution in [1.82, 2.24) is 0 Å². The van der Waals surface area contributed by atoms with Crippen molar-refractivity contribution >= 4 is 21.7 Å². The third-order valence-electron chi connectivity index (χ3n) is 2.43. The first kappa shape index (κ1) is 15.0. The van der Waals surface area contributed by atoms with E-state index in [0.717, 1.165) is 0 Å². The van der Waals surface area contributed by atoms with Crippen molar-refractivity contribution in [3.05, 3.63) is 29.8 Å². The number of carboxylic acids is 1. The smallest absolute Gasteiger partial charge is 0.307 e. The van der Waals surface area contributed by atoms with Crippen LogP contribution in [-0.2, 0) is 21.2 Å². The lowest BCUT2D eigenvalue weighted by Crippen LogP contribution is -2.26. The number of aliphatic carboxylic acids is 1. The Labute approximate surface area is 111 Å². The van der Waals surface area contributed by atoms with Gasteiger partial charge in [0.1, 0.15) is 0 Å². The van der Waals surface area contributed by atoms with Crippen molar-refractivity contribution in [2.75, 3.05) is 4.72 Å². The molecule has 0 aromatic heterocycles. The van der Waals surface area contributed by atoms with Crippen LogP contribution in [0.15, 0.2) is 24.3 Å². The largest absolute Gasteiger partial charge is 0.481 e. The molecule has 0 amide bonds. The standard InChI is InChI=1S/C12H14N2O4S/c1-2-11(8-13)19(17,18)14-10-5-3-4-9(6-10)7-12(15)16/h3-6,11,14H,2,7H2,1H3,(H,15,16). The topological polar surface area (TPSA) is 107 Å². The van der Waals surface area contributed by atoms with Crippen molar-refractivity contribution < 1.29 is 18.3 Å². The summed E-state index contributed by atoms with van der Waals surface area (Å²) in [5.74, 6) is -0.997. The van der Waals surface area contributed by atoms with Crippen molar-refractivity contribution in [2.24, 2.45) is 0 Å². The van der Waals surface area contributed by atoms with Gasteiger partial charge in [-0.15, -0.1) is 0 Å². The zero-order chi connectivity index (χ0) is 14.5. The minimum absolute atomic E-state index is 0.181. The molecule has 19 heavy (non-hydrogen) atoms. The highest BCUT2D eigenvalue weighted by atomic mass is 32.2. The zero-order valence-electron chi connectivity index (χ0n) is 10.3. The highest BCUT2D eigenvalue weighted by molar-refractivity contribution is 7.93. The number of rotatable bonds is 6. The molecule has 1 aromatic rings. The van der Waals surface area contributed by atoms with Gasteiger partial charge in [0.15, 0.2) is 5.25 Å². The van der Waals surface area contributed by atoms with Gasteiger partial charge in [-0.05, 0) is 24.1 Å². The van der Waals surface area contributed by atoms with Gasteiger partial charge in [0.05, 0.1) is 12.5 Å². The molecule has 7 heteroatoms. The molecule has 0 aliphatic carbocycles. The third kappa shape index (κ3) is 4.26. The second kappa shape index (κ2) is 6.20. The molecule has 0 fully saturated rings. The van der Waals surface area contributed by atoms with E-state index in [1.165, 1.54) is 12.1 Å². The number of benzene rings is 1. The summed E-state index contributed by atoms with van der Waals surface area (Å²) in [7, 11) is -3.78. The Bertz CT molecular complexity index is 604. The first-order valence-electron chi connectivity index (χ1n) is 5.61. The lowest BCUT2D eigenvalue weighted by Gasteiger charge is -2.11. The van der Waals surface area contributed by atoms with E-state index >= 15 is 0 Å². The van der Waals surface area contributed by atoms with Crippen LogP contribution >= 0.6 is 0 Å². The van der Waals surface area contributed by atoms with E-state index in [9.17, 15) is 13.2 Å². The van der Waals surface area contributed by atoms with Gasteiger partial charge in [-0.1, -0.05) is 19.1 Å². The molecule has 1 aromatic carbocycles. The fraction of sp³-hybridized carbons (Fsp3) is 0.333. The monoisotopic (exact) mass is 282 g/mol. The van der Waals surface area contributed by atoms with E-state index < -0.39 is 21.2 Å². The number of hydrogen-bond donors (Lipinski definition) is 2. The minimum atomic E-state index is -3.78. The van der Waals surface area contributed by atoms with Gasteiger partial charge in [0.25, 0.3) is 0 Å². The van der Waals surface area contributed by atoms with Gasteiger partial charge in [0, 0.05) is 5.69 Å². The second-order valence-electron chi connectivity index (χ2n) is 3.94. The van der Waals surface area contributed by atoms with Crippen LogP contribution in [0.5, 0.6) is 0 Å². The summed E-state index contributed by atoms with van der Waals surface area (Å²) in [5, 5.41) is 16.3. The van der Waals surface area contributed by atoms with Crippen molar-refractivity contribution in [3.8, 4) is 6.07 Å². The van der Waals surface area contributed by atoms with Gasteiger partial charge < -0.3 is 5.11 Å². The molecule has 1 rings (SSSR count).